The molecule has 0 saturated heterocycles. The fraction of sp³-hybridized carbons (Fsp3) is 0.545. The van der Waals surface area contributed by atoms with Crippen molar-refractivity contribution >= 4 is 5.82 Å². The maximum atomic E-state index is 9.04. The lowest BCUT2D eigenvalue weighted by Crippen LogP contribution is -2.23. The summed E-state index contributed by atoms with van der Waals surface area (Å²) in [5, 5.41) is 12.3. The summed E-state index contributed by atoms with van der Waals surface area (Å²) in [4.78, 5) is 4.29. The summed E-state index contributed by atoms with van der Waals surface area (Å²) in [7, 11) is 0. The maximum absolute atomic E-state index is 9.04. The Morgan fingerprint density at radius 3 is 2.71 bits per heavy atom. The van der Waals surface area contributed by atoms with Crippen LogP contribution in [0.5, 0.6) is 0 Å². The van der Waals surface area contributed by atoms with E-state index in [1.54, 1.807) is 0 Å². The maximum Gasteiger partial charge on any atom is 0.129 e. The van der Waals surface area contributed by atoms with Crippen LogP contribution < -0.4 is 5.32 Å². The van der Waals surface area contributed by atoms with Gasteiger partial charge < -0.3 is 10.4 Å². The molecule has 0 spiro atoms. The van der Waals surface area contributed by atoms with Gasteiger partial charge in [0.2, 0.25) is 0 Å². The van der Waals surface area contributed by atoms with Gasteiger partial charge in [0, 0.05) is 6.20 Å². The molecule has 1 heterocycles. The Balaban J connectivity index is 2.76. The average molecular weight is 194 g/mol. The van der Waals surface area contributed by atoms with Crippen molar-refractivity contribution in [2.75, 3.05) is 11.9 Å². The predicted octanol–water partition coefficient (Wildman–Crippen LogP) is 1.88. The summed E-state index contributed by atoms with van der Waals surface area (Å²) in [6, 6.07) is 2.18. The van der Waals surface area contributed by atoms with Gasteiger partial charge in [-0.25, -0.2) is 4.98 Å². The van der Waals surface area contributed by atoms with Crippen molar-refractivity contribution in [3.05, 3.63) is 23.4 Å². The van der Waals surface area contributed by atoms with Gasteiger partial charge in [0.25, 0.3) is 0 Å². The van der Waals surface area contributed by atoms with E-state index in [0.29, 0.717) is 0 Å². The lowest BCUT2D eigenvalue weighted by molar-refractivity contribution is 0.271. The van der Waals surface area contributed by atoms with Crippen molar-refractivity contribution in [3.63, 3.8) is 0 Å². The average Bonchev–Trinajstić information content (AvgIpc) is 2.17. The van der Waals surface area contributed by atoms with Crippen LogP contribution >= 0.6 is 0 Å². The first-order chi connectivity index (χ1) is 6.67. The number of hydrogen-bond acceptors (Lipinski definition) is 3. The highest BCUT2D eigenvalue weighted by molar-refractivity contribution is 5.45. The summed E-state index contributed by atoms with van der Waals surface area (Å²) < 4.78 is 0. The Morgan fingerprint density at radius 2 is 2.21 bits per heavy atom. The molecule has 0 aromatic carbocycles. The number of aromatic nitrogens is 1. The molecule has 0 fully saturated rings. The molecule has 0 radical (unpaired) electrons. The molecule has 0 aliphatic carbocycles. The van der Waals surface area contributed by atoms with Gasteiger partial charge in [0.15, 0.2) is 0 Å². The van der Waals surface area contributed by atoms with Crippen LogP contribution in [0.1, 0.15) is 24.5 Å². The zero-order valence-corrected chi connectivity index (χ0v) is 9.04. The Labute approximate surface area is 85.2 Å². The van der Waals surface area contributed by atoms with Gasteiger partial charge in [-0.3, -0.25) is 0 Å². The lowest BCUT2D eigenvalue weighted by atomic mass is 10.2. The zero-order chi connectivity index (χ0) is 10.6. The fourth-order valence-electron chi connectivity index (χ4n) is 1.34. The van der Waals surface area contributed by atoms with Gasteiger partial charge in [-0.15, -0.1) is 0 Å². The number of nitrogens with zero attached hydrogens (tertiary/aromatic N) is 1. The summed E-state index contributed by atoms with van der Waals surface area (Å²) in [5.41, 5.74) is 2.28. The van der Waals surface area contributed by atoms with Crippen molar-refractivity contribution in [2.45, 2.75) is 33.2 Å². The molecule has 1 aromatic heterocycles. The molecule has 0 aliphatic rings. The summed E-state index contributed by atoms with van der Waals surface area (Å²) >= 11 is 0. The number of hydrogen-bond donors (Lipinski definition) is 2. The zero-order valence-electron chi connectivity index (χ0n) is 9.04. The largest absolute Gasteiger partial charge is 0.394 e. The number of nitrogens with one attached hydrogen (secondary N) is 1. The molecule has 1 atom stereocenters. The first-order valence-corrected chi connectivity index (χ1v) is 4.98. The van der Waals surface area contributed by atoms with Gasteiger partial charge in [0.05, 0.1) is 12.6 Å². The summed E-state index contributed by atoms with van der Waals surface area (Å²) in [5.74, 6) is 0.872. The Bertz CT molecular complexity index is 295. The van der Waals surface area contributed by atoms with Crippen LogP contribution in [0, 0.1) is 13.8 Å². The van der Waals surface area contributed by atoms with Crippen molar-refractivity contribution in [1.29, 1.82) is 0 Å². The molecule has 0 aliphatic heterocycles. The molecule has 3 nitrogen and oxygen atoms in total. The van der Waals surface area contributed by atoms with Gasteiger partial charge >= 0.3 is 0 Å². The molecule has 1 unspecified atom stereocenters. The van der Waals surface area contributed by atoms with Crippen molar-refractivity contribution in [3.8, 4) is 0 Å². The topological polar surface area (TPSA) is 45.1 Å². The number of aliphatic hydroxyl groups excluding tert-OH is 1. The van der Waals surface area contributed by atoms with Crippen LogP contribution in [-0.2, 0) is 0 Å². The SMILES string of the molecule is CCC(CO)Nc1ncc(C)cc1C. The summed E-state index contributed by atoms with van der Waals surface area (Å²) in [6.07, 6.45) is 2.73. The van der Waals surface area contributed by atoms with Crippen molar-refractivity contribution in [1.82, 2.24) is 4.98 Å². The van der Waals surface area contributed by atoms with Gasteiger partial charge in [-0.1, -0.05) is 13.0 Å². The first kappa shape index (κ1) is 11.0. The van der Waals surface area contributed by atoms with Crippen LogP contribution in [0.3, 0.4) is 0 Å². The highest BCUT2D eigenvalue weighted by Crippen LogP contribution is 2.13. The second-order valence-corrected chi connectivity index (χ2v) is 3.61. The molecular weight excluding hydrogens is 176 g/mol. The van der Waals surface area contributed by atoms with E-state index in [1.807, 2.05) is 27.0 Å². The Hall–Kier alpha value is -1.09. The molecule has 0 saturated carbocycles. The van der Waals surface area contributed by atoms with Crippen LogP contribution in [0.2, 0.25) is 0 Å². The first-order valence-electron chi connectivity index (χ1n) is 4.98. The standard InChI is InChI=1S/C11H18N2O/c1-4-10(7-14)13-11-9(3)5-8(2)6-12-11/h5-6,10,14H,4,7H2,1-3H3,(H,12,13). The van der Waals surface area contributed by atoms with E-state index in [-0.39, 0.29) is 12.6 Å². The molecule has 0 bridgehead atoms. The van der Waals surface area contributed by atoms with E-state index in [2.05, 4.69) is 16.4 Å². The number of aryl methyl sites for hydroxylation is 2. The van der Waals surface area contributed by atoms with E-state index in [0.717, 1.165) is 23.4 Å². The van der Waals surface area contributed by atoms with Crippen LogP contribution in [0.4, 0.5) is 5.82 Å². The quantitative estimate of drug-likeness (QED) is 0.769. The molecule has 78 valence electrons. The highest BCUT2D eigenvalue weighted by Gasteiger charge is 2.06. The molecule has 1 aromatic rings. The molecule has 2 N–H and O–H groups in total. The van der Waals surface area contributed by atoms with E-state index < -0.39 is 0 Å². The minimum absolute atomic E-state index is 0.101. The van der Waals surface area contributed by atoms with Gasteiger partial charge in [0.1, 0.15) is 5.82 Å². The van der Waals surface area contributed by atoms with Crippen molar-refractivity contribution < 1.29 is 5.11 Å². The minimum atomic E-state index is 0.101. The third kappa shape index (κ3) is 2.70. The Morgan fingerprint density at radius 1 is 1.50 bits per heavy atom. The number of anilines is 1. The van der Waals surface area contributed by atoms with E-state index in [9.17, 15) is 0 Å². The number of pyridine rings is 1. The number of rotatable bonds is 4. The predicted molar refractivity (Wildman–Crippen MR) is 58.5 cm³/mol. The van der Waals surface area contributed by atoms with E-state index >= 15 is 0 Å². The summed E-state index contributed by atoms with van der Waals surface area (Å²) in [6.45, 7) is 6.22. The monoisotopic (exact) mass is 194 g/mol. The molecule has 3 heteroatoms. The second-order valence-electron chi connectivity index (χ2n) is 3.61. The molecule has 1 rings (SSSR count). The van der Waals surface area contributed by atoms with Crippen LogP contribution in [-0.4, -0.2) is 22.7 Å². The van der Waals surface area contributed by atoms with Crippen LogP contribution in [0.15, 0.2) is 12.3 Å². The molecule has 14 heavy (non-hydrogen) atoms. The fourth-order valence-corrected chi connectivity index (χ4v) is 1.34. The van der Waals surface area contributed by atoms with Crippen molar-refractivity contribution in [2.24, 2.45) is 0 Å². The third-order valence-electron chi connectivity index (χ3n) is 2.27. The smallest absolute Gasteiger partial charge is 0.129 e. The minimum Gasteiger partial charge on any atom is -0.394 e. The van der Waals surface area contributed by atoms with E-state index in [4.69, 9.17) is 5.11 Å². The van der Waals surface area contributed by atoms with Gasteiger partial charge in [-0.05, 0) is 31.4 Å². The number of aliphatic hydroxyl groups is 1. The lowest BCUT2D eigenvalue weighted by Gasteiger charge is -2.16. The molecule has 0 amide bonds. The highest BCUT2D eigenvalue weighted by atomic mass is 16.3. The van der Waals surface area contributed by atoms with E-state index in [1.165, 1.54) is 0 Å². The van der Waals surface area contributed by atoms with Gasteiger partial charge in [-0.2, -0.15) is 0 Å². The normalized spacial score (nSPS) is 12.6. The second kappa shape index (κ2) is 4.96. The molecular formula is C11H18N2O. The third-order valence-corrected chi connectivity index (χ3v) is 2.27. The Kier molecular flexibility index (Phi) is 3.89. The van der Waals surface area contributed by atoms with Crippen LogP contribution in [0.25, 0.3) is 0 Å².